The number of nitro groups is 1. The van der Waals surface area contributed by atoms with Gasteiger partial charge in [-0.1, -0.05) is 11.6 Å². The lowest BCUT2D eigenvalue weighted by atomic mass is 10.2. The second-order valence-corrected chi connectivity index (χ2v) is 4.23. The number of nitro benzene ring substituents is 1. The third-order valence-corrected chi connectivity index (χ3v) is 2.82. The van der Waals surface area contributed by atoms with Crippen LogP contribution in [0.25, 0.3) is 0 Å². The third kappa shape index (κ3) is 3.11. The summed E-state index contributed by atoms with van der Waals surface area (Å²) in [6.45, 7) is 0.372. The number of carbonyl (C=O) groups is 1. The van der Waals surface area contributed by atoms with Crippen LogP contribution in [0.15, 0.2) is 36.7 Å². The van der Waals surface area contributed by atoms with E-state index in [2.05, 4.69) is 10.3 Å². The fraction of sp³-hybridized carbons (Fsp3) is 0.0833. The highest BCUT2D eigenvalue weighted by atomic mass is 35.5. The maximum absolute atomic E-state index is 11.8. The predicted molar refractivity (Wildman–Crippen MR) is 70.1 cm³/mol. The van der Waals surface area contributed by atoms with Gasteiger partial charge in [-0.3, -0.25) is 14.9 Å². The fourth-order valence-electron chi connectivity index (χ4n) is 1.55. The van der Waals surface area contributed by atoms with E-state index in [0.717, 1.165) is 5.56 Å². The molecule has 1 aromatic carbocycles. The average Bonchev–Trinajstić information content (AvgIpc) is 2.88. The molecule has 0 saturated heterocycles. The summed E-state index contributed by atoms with van der Waals surface area (Å²) in [6.07, 6.45) is 3.52. The minimum absolute atomic E-state index is 0.0562. The molecule has 19 heavy (non-hydrogen) atoms. The predicted octanol–water partition coefficient (Wildman–Crippen LogP) is 2.51. The van der Waals surface area contributed by atoms with Gasteiger partial charge in [-0.25, -0.2) is 0 Å². The van der Waals surface area contributed by atoms with Gasteiger partial charge in [0, 0.05) is 30.6 Å². The summed E-state index contributed by atoms with van der Waals surface area (Å²) < 4.78 is 0. The minimum Gasteiger partial charge on any atom is -0.367 e. The van der Waals surface area contributed by atoms with Crippen LogP contribution in [0.4, 0.5) is 5.69 Å². The highest BCUT2D eigenvalue weighted by Crippen LogP contribution is 2.24. The normalized spacial score (nSPS) is 10.2. The number of benzene rings is 1. The quantitative estimate of drug-likeness (QED) is 0.666. The molecule has 0 unspecified atom stereocenters. The molecule has 7 heteroatoms. The third-order valence-electron chi connectivity index (χ3n) is 2.52. The van der Waals surface area contributed by atoms with Crippen molar-refractivity contribution >= 4 is 23.2 Å². The molecule has 0 saturated carbocycles. The first-order chi connectivity index (χ1) is 9.08. The lowest BCUT2D eigenvalue weighted by Crippen LogP contribution is -2.22. The first-order valence-electron chi connectivity index (χ1n) is 5.42. The summed E-state index contributed by atoms with van der Waals surface area (Å²) in [6, 6.07) is 5.71. The molecule has 2 rings (SSSR count). The van der Waals surface area contributed by atoms with E-state index >= 15 is 0 Å². The monoisotopic (exact) mass is 279 g/mol. The molecule has 0 aliphatic rings. The van der Waals surface area contributed by atoms with Crippen LogP contribution >= 0.6 is 11.6 Å². The van der Waals surface area contributed by atoms with Gasteiger partial charge in [0.1, 0.15) is 5.02 Å². The zero-order chi connectivity index (χ0) is 13.8. The van der Waals surface area contributed by atoms with Crippen molar-refractivity contribution in [3.8, 4) is 0 Å². The lowest BCUT2D eigenvalue weighted by molar-refractivity contribution is -0.384. The second kappa shape index (κ2) is 5.53. The Kier molecular flexibility index (Phi) is 3.82. The summed E-state index contributed by atoms with van der Waals surface area (Å²) in [5.41, 5.74) is 0.997. The van der Waals surface area contributed by atoms with E-state index in [0.29, 0.717) is 6.54 Å². The Morgan fingerprint density at radius 2 is 2.21 bits per heavy atom. The van der Waals surface area contributed by atoms with Crippen LogP contribution in [0.5, 0.6) is 0 Å². The van der Waals surface area contributed by atoms with Gasteiger partial charge < -0.3 is 10.3 Å². The molecule has 0 aliphatic carbocycles. The topological polar surface area (TPSA) is 88.0 Å². The van der Waals surface area contributed by atoms with Crippen molar-refractivity contribution in [1.82, 2.24) is 10.3 Å². The van der Waals surface area contributed by atoms with Crippen LogP contribution in [-0.4, -0.2) is 15.8 Å². The van der Waals surface area contributed by atoms with Crippen molar-refractivity contribution in [1.29, 1.82) is 0 Å². The van der Waals surface area contributed by atoms with E-state index in [9.17, 15) is 14.9 Å². The number of hydrogen-bond donors (Lipinski definition) is 2. The van der Waals surface area contributed by atoms with Gasteiger partial charge in [-0.2, -0.15) is 0 Å². The summed E-state index contributed by atoms with van der Waals surface area (Å²) in [7, 11) is 0. The Morgan fingerprint density at radius 1 is 1.42 bits per heavy atom. The molecule has 0 atom stereocenters. The number of halogens is 1. The van der Waals surface area contributed by atoms with Crippen LogP contribution in [0.2, 0.25) is 5.02 Å². The molecule has 1 aromatic heterocycles. The molecule has 0 spiro atoms. The zero-order valence-electron chi connectivity index (χ0n) is 9.72. The van der Waals surface area contributed by atoms with E-state index in [4.69, 9.17) is 11.6 Å². The van der Waals surface area contributed by atoms with Crippen LogP contribution < -0.4 is 5.32 Å². The van der Waals surface area contributed by atoms with Crippen molar-refractivity contribution in [2.45, 2.75) is 6.54 Å². The largest absolute Gasteiger partial charge is 0.367 e. The van der Waals surface area contributed by atoms with Crippen molar-refractivity contribution in [2.24, 2.45) is 0 Å². The van der Waals surface area contributed by atoms with Crippen molar-refractivity contribution in [2.75, 3.05) is 0 Å². The number of H-pyrrole nitrogens is 1. The summed E-state index contributed by atoms with van der Waals surface area (Å²) >= 11 is 5.74. The second-order valence-electron chi connectivity index (χ2n) is 3.83. The number of aromatic amines is 1. The molecular formula is C12H10ClN3O3. The van der Waals surface area contributed by atoms with E-state index in [1.807, 2.05) is 6.07 Å². The number of amides is 1. The molecule has 1 heterocycles. The van der Waals surface area contributed by atoms with Crippen molar-refractivity contribution < 1.29 is 9.72 Å². The molecular weight excluding hydrogens is 270 g/mol. The molecule has 6 nitrogen and oxygen atoms in total. The van der Waals surface area contributed by atoms with E-state index < -0.39 is 4.92 Å². The Labute approximate surface area is 113 Å². The number of nitrogens with one attached hydrogen (secondary N) is 2. The van der Waals surface area contributed by atoms with Crippen LogP contribution in [-0.2, 0) is 6.54 Å². The number of hydrogen-bond acceptors (Lipinski definition) is 3. The van der Waals surface area contributed by atoms with Gasteiger partial charge in [-0.15, -0.1) is 0 Å². The smallest absolute Gasteiger partial charge is 0.287 e. The van der Waals surface area contributed by atoms with E-state index in [1.54, 1.807) is 12.4 Å². The fourth-order valence-corrected chi connectivity index (χ4v) is 1.80. The Hall–Kier alpha value is -2.34. The molecule has 0 radical (unpaired) electrons. The lowest BCUT2D eigenvalue weighted by Gasteiger charge is -2.04. The van der Waals surface area contributed by atoms with Gasteiger partial charge in [0.05, 0.1) is 4.92 Å². The van der Waals surface area contributed by atoms with Crippen LogP contribution in [0, 0.1) is 10.1 Å². The molecule has 0 aliphatic heterocycles. The molecule has 2 aromatic rings. The molecule has 98 valence electrons. The Balaban J connectivity index is 2.07. The summed E-state index contributed by atoms with van der Waals surface area (Å²) in [5, 5.41) is 13.2. The number of aromatic nitrogens is 1. The maximum atomic E-state index is 11.8. The molecule has 0 fully saturated rings. The standard InChI is InChI=1S/C12H10ClN3O3/c13-10-5-9(1-2-11(10)16(18)19)12(17)15-7-8-3-4-14-6-8/h1-6,14H,7H2,(H,15,17). The first-order valence-corrected chi connectivity index (χ1v) is 5.79. The van der Waals surface area contributed by atoms with E-state index in [1.165, 1.54) is 18.2 Å². The van der Waals surface area contributed by atoms with Gasteiger partial charge >= 0.3 is 0 Å². The highest BCUT2D eigenvalue weighted by molar-refractivity contribution is 6.33. The first kappa shape index (κ1) is 13.1. The highest BCUT2D eigenvalue weighted by Gasteiger charge is 2.15. The van der Waals surface area contributed by atoms with Crippen LogP contribution in [0.1, 0.15) is 15.9 Å². The number of rotatable bonds is 4. The van der Waals surface area contributed by atoms with Gasteiger partial charge in [0.15, 0.2) is 0 Å². The Bertz CT molecular complexity index is 611. The molecule has 1 amide bonds. The maximum Gasteiger partial charge on any atom is 0.287 e. The SMILES string of the molecule is O=C(NCc1cc[nH]c1)c1ccc([N+](=O)[O-])c(Cl)c1. The van der Waals surface area contributed by atoms with Gasteiger partial charge in [0.2, 0.25) is 0 Å². The van der Waals surface area contributed by atoms with Gasteiger partial charge in [0.25, 0.3) is 11.6 Å². The zero-order valence-corrected chi connectivity index (χ0v) is 10.5. The number of nitrogens with zero attached hydrogens (tertiary/aromatic N) is 1. The summed E-state index contributed by atoms with van der Waals surface area (Å²) in [4.78, 5) is 24.7. The van der Waals surface area contributed by atoms with Gasteiger partial charge in [-0.05, 0) is 23.8 Å². The van der Waals surface area contributed by atoms with Crippen molar-refractivity contribution in [3.63, 3.8) is 0 Å². The van der Waals surface area contributed by atoms with Crippen LogP contribution in [0.3, 0.4) is 0 Å². The summed E-state index contributed by atoms with van der Waals surface area (Å²) in [5.74, 6) is -0.335. The van der Waals surface area contributed by atoms with E-state index in [-0.39, 0.29) is 22.2 Å². The molecule has 0 bridgehead atoms. The average molecular weight is 280 g/mol. The minimum atomic E-state index is -0.593. The van der Waals surface area contributed by atoms with Crippen molar-refractivity contribution in [3.05, 3.63) is 62.9 Å². The Morgan fingerprint density at radius 3 is 2.79 bits per heavy atom. The molecule has 2 N–H and O–H groups in total. The number of carbonyl (C=O) groups excluding carboxylic acids is 1.